The summed E-state index contributed by atoms with van der Waals surface area (Å²) in [6, 6.07) is 18.4. The van der Waals surface area contributed by atoms with Gasteiger partial charge in [-0.05, 0) is 47.0 Å². The molecule has 2 amide bonds. The van der Waals surface area contributed by atoms with E-state index in [4.69, 9.17) is 9.88 Å². The molecule has 0 aromatic heterocycles. The minimum absolute atomic E-state index is 0.00661. The van der Waals surface area contributed by atoms with Gasteiger partial charge in [0.15, 0.2) is 6.61 Å². The Labute approximate surface area is 244 Å². The number of nitrogens with zero attached hydrogens (tertiary/aromatic N) is 2. The Morgan fingerprint density at radius 1 is 0.810 bits per heavy atom. The van der Waals surface area contributed by atoms with E-state index in [1.807, 2.05) is 24.3 Å². The number of esters is 1. The average Bonchev–Trinajstić information content (AvgIpc) is 2.98. The lowest BCUT2D eigenvalue weighted by Crippen LogP contribution is -2.50. The topological polar surface area (TPSA) is 173 Å². The average molecular weight is 617 g/mol. The fourth-order valence-corrected chi connectivity index (χ4v) is 6.46. The van der Waals surface area contributed by atoms with Gasteiger partial charge in [-0.25, -0.2) is 22.0 Å². The molecule has 0 aliphatic carbocycles. The van der Waals surface area contributed by atoms with Crippen LogP contribution in [-0.4, -0.2) is 83.2 Å². The number of carbonyl (C=O) groups excluding carboxylic acids is 3. The van der Waals surface area contributed by atoms with Gasteiger partial charge in [0, 0.05) is 39.1 Å². The van der Waals surface area contributed by atoms with Gasteiger partial charge in [0.05, 0.1) is 16.2 Å². The summed E-state index contributed by atoms with van der Waals surface area (Å²) in [5.41, 5.74) is 0.783. The monoisotopic (exact) mass is 616 g/mol. The fraction of sp³-hybridized carbons (Fsp3) is 0.321. The van der Waals surface area contributed by atoms with E-state index in [0.29, 0.717) is 6.42 Å². The number of carbonyl (C=O) groups is 3. The summed E-state index contributed by atoms with van der Waals surface area (Å²) in [5.74, 6) is -1.51. The van der Waals surface area contributed by atoms with Crippen LogP contribution >= 0.6 is 0 Å². The number of hydrogen-bond donors (Lipinski definition) is 2. The fourth-order valence-electron chi connectivity index (χ4n) is 4.48. The molecule has 0 saturated carbocycles. The summed E-state index contributed by atoms with van der Waals surface area (Å²) in [7, 11) is -7.49. The summed E-state index contributed by atoms with van der Waals surface area (Å²) in [4.78, 5) is 38.3. The highest BCUT2D eigenvalue weighted by Gasteiger charge is 2.30. The van der Waals surface area contributed by atoms with Crippen LogP contribution in [-0.2, 0) is 45.6 Å². The highest BCUT2D eigenvalue weighted by molar-refractivity contribution is 7.89. The van der Waals surface area contributed by atoms with Crippen molar-refractivity contribution in [2.75, 3.05) is 39.3 Å². The highest BCUT2D eigenvalue weighted by Crippen LogP contribution is 2.23. The van der Waals surface area contributed by atoms with E-state index in [1.165, 1.54) is 21.3 Å². The Morgan fingerprint density at radius 2 is 1.45 bits per heavy atom. The van der Waals surface area contributed by atoms with Crippen molar-refractivity contribution in [3.05, 3.63) is 72.3 Å². The van der Waals surface area contributed by atoms with Crippen molar-refractivity contribution in [1.82, 2.24) is 14.5 Å². The molecule has 3 aromatic rings. The molecule has 1 aliphatic rings. The lowest BCUT2D eigenvalue weighted by molar-refractivity contribution is -0.150. The molecule has 14 heteroatoms. The molecule has 1 saturated heterocycles. The van der Waals surface area contributed by atoms with Crippen molar-refractivity contribution in [2.24, 2.45) is 5.14 Å². The van der Waals surface area contributed by atoms with Gasteiger partial charge in [-0.3, -0.25) is 14.4 Å². The zero-order valence-electron chi connectivity index (χ0n) is 22.8. The lowest BCUT2D eigenvalue weighted by Gasteiger charge is -2.34. The number of primary sulfonamides is 1. The number of fused-ring (bicyclic) bond motifs is 1. The largest absolute Gasteiger partial charge is 0.456 e. The predicted octanol–water partition coefficient (Wildman–Crippen LogP) is 1.00. The molecule has 0 bridgehead atoms. The van der Waals surface area contributed by atoms with Gasteiger partial charge in [-0.15, -0.1) is 0 Å². The van der Waals surface area contributed by atoms with E-state index < -0.39 is 38.5 Å². The van der Waals surface area contributed by atoms with Crippen molar-refractivity contribution in [2.45, 2.75) is 29.1 Å². The molecule has 1 heterocycles. The number of nitrogens with one attached hydrogen (secondary N) is 1. The molecule has 0 radical (unpaired) electrons. The molecule has 3 aromatic carbocycles. The van der Waals surface area contributed by atoms with E-state index in [2.05, 4.69) is 5.32 Å². The van der Waals surface area contributed by atoms with E-state index >= 15 is 0 Å². The number of ether oxygens (including phenoxy) is 1. The smallest absolute Gasteiger partial charge is 0.306 e. The number of rotatable bonds is 11. The third-order valence-electron chi connectivity index (χ3n) is 6.85. The van der Waals surface area contributed by atoms with Crippen molar-refractivity contribution in [3.63, 3.8) is 0 Å². The second-order valence-electron chi connectivity index (χ2n) is 9.74. The first-order valence-electron chi connectivity index (χ1n) is 13.2. The number of nitrogens with two attached hydrogens (primary N) is 1. The molecule has 12 nitrogen and oxygen atoms in total. The summed E-state index contributed by atoms with van der Waals surface area (Å²) < 4.78 is 55.2. The van der Waals surface area contributed by atoms with Crippen LogP contribution in [0.15, 0.2) is 76.5 Å². The third-order valence-corrected chi connectivity index (χ3v) is 9.67. The maximum absolute atomic E-state index is 13.1. The molecule has 0 unspecified atom stereocenters. The maximum atomic E-state index is 13.1. The zero-order chi connectivity index (χ0) is 30.3. The van der Waals surface area contributed by atoms with Crippen LogP contribution in [0.4, 0.5) is 0 Å². The Bertz CT molecular complexity index is 1670. The predicted molar refractivity (Wildman–Crippen MR) is 154 cm³/mol. The summed E-state index contributed by atoms with van der Waals surface area (Å²) in [5, 5.41) is 9.43. The Morgan fingerprint density at radius 3 is 2.12 bits per heavy atom. The SMILES string of the molecule is NS(=O)(=O)c1ccc(CCNC(=O)COC(=O)CCC(=O)N2CCN(S(=O)(=O)c3ccc4ccccc4c3)CC2)cc1. The number of benzene rings is 3. The minimum Gasteiger partial charge on any atom is -0.456 e. The van der Waals surface area contributed by atoms with Crippen LogP contribution in [0.2, 0.25) is 0 Å². The van der Waals surface area contributed by atoms with Crippen molar-refractivity contribution in [3.8, 4) is 0 Å². The molecule has 1 fully saturated rings. The van der Waals surface area contributed by atoms with Gasteiger partial charge < -0.3 is 15.0 Å². The van der Waals surface area contributed by atoms with Gasteiger partial charge >= 0.3 is 5.97 Å². The number of hydrogen-bond acceptors (Lipinski definition) is 8. The van der Waals surface area contributed by atoms with Crippen molar-refractivity contribution in [1.29, 1.82) is 0 Å². The van der Waals surface area contributed by atoms with E-state index in [9.17, 15) is 31.2 Å². The van der Waals surface area contributed by atoms with Crippen LogP contribution in [0.5, 0.6) is 0 Å². The van der Waals surface area contributed by atoms with Crippen LogP contribution in [0, 0.1) is 0 Å². The zero-order valence-corrected chi connectivity index (χ0v) is 24.4. The summed E-state index contributed by atoms with van der Waals surface area (Å²) >= 11 is 0. The normalized spacial score (nSPS) is 14.5. The molecular weight excluding hydrogens is 584 g/mol. The van der Waals surface area contributed by atoms with Gasteiger partial charge in [0.25, 0.3) is 5.91 Å². The first kappa shape index (κ1) is 31.1. The summed E-state index contributed by atoms with van der Waals surface area (Å²) in [6.45, 7) is 0.431. The molecule has 0 spiro atoms. The Balaban J connectivity index is 1.14. The quantitative estimate of drug-likeness (QED) is 0.300. The molecule has 0 atom stereocenters. The van der Waals surface area contributed by atoms with Crippen LogP contribution in [0.1, 0.15) is 18.4 Å². The molecule has 3 N–H and O–H groups in total. The Kier molecular flexibility index (Phi) is 9.93. The minimum atomic E-state index is -3.77. The van der Waals surface area contributed by atoms with Gasteiger partial charge in [0.2, 0.25) is 26.0 Å². The molecule has 224 valence electrons. The van der Waals surface area contributed by atoms with Crippen molar-refractivity contribution >= 4 is 48.6 Å². The van der Waals surface area contributed by atoms with E-state index in [0.717, 1.165) is 16.3 Å². The first-order valence-corrected chi connectivity index (χ1v) is 16.2. The van der Waals surface area contributed by atoms with Crippen molar-refractivity contribution < 1.29 is 36.0 Å². The number of sulfonamides is 2. The molecule has 4 rings (SSSR count). The molecule has 1 aliphatic heterocycles. The first-order chi connectivity index (χ1) is 19.9. The van der Waals surface area contributed by atoms with E-state index in [1.54, 1.807) is 30.3 Å². The second-order valence-corrected chi connectivity index (χ2v) is 13.2. The van der Waals surface area contributed by atoms with Crippen LogP contribution in [0.25, 0.3) is 10.8 Å². The summed E-state index contributed by atoms with van der Waals surface area (Å²) in [6.07, 6.45) is 0.0976. The van der Waals surface area contributed by atoms with E-state index in [-0.39, 0.29) is 61.3 Å². The number of amides is 2. The number of piperazine rings is 1. The highest BCUT2D eigenvalue weighted by atomic mass is 32.2. The van der Waals surface area contributed by atoms with Gasteiger partial charge in [0.1, 0.15) is 0 Å². The standard InChI is InChI=1S/C28H32N4O8S2/c29-41(36,37)24-8-5-21(6-9-24)13-14-30-26(33)20-40-28(35)12-11-27(34)31-15-17-32(18-16-31)42(38,39)25-10-7-22-3-1-2-4-23(22)19-25/h1-10,19H,11-18,20H2,(H,30,33)(H2,29,36,37). The lowest BCUT2D eigenvalue weighted by atomic mass is 10.1. The second kappa shape index (κ2) is 13.4. The van der Waals surface area contributed by atoms with Crippen LogP contribution in [0.3, 0.4) is 0 Å². The maximum Gasteiger partial charge on any atom is 0.306 e. The van der Waals surface area contributed by atoms with Gasteiger partial charge in [-0.2, -0.15) is 4.31 Å². The van der Waals surface area contributed by atoms with Crippen LogP contribution < -0.4 is 10.5 Å². The molecule has 42 heavy (non-hydrogen) atoms. The van der Waals surface area contributed by atoms with Gasteiger partial charge in [-0.1, -0.05) is 42.5 Å². The Hall–Kier alpha value is -3.85. The molecular formula is C28H32N4O8S2. The third kappa shape index (κ3) is 8.12.